The molecule has 0 bridgehead atoms. The molecule has 128 valence electrons. The van der Waals surface area contributed by atoms with E-state index >= 15 is 0 Å². The average Bonchev–Trinajstić information content (AvgIpc) is 3.08. The maximum atomic E-state index is 12.9. The van der Waals surface area contributed by atoms with Gasteiger partial charge in [0.25, 0.3) is 5.91 Å². The van der Waals surface area contributed by atoms with E-state index in [9.17, 15) is 9.90 Å². The summed E-state index contributed by atoms with van der Waals surface area (Å²) in [4.78, 5) is 19.0. The molecule has 6 nitrogen and oxygen atoms in total. The molecule has 1 aliphatic rings. The summed E-state index contributed by atoms with van der Waals surface area (Å²) in [5.74, 6) is 0.0921. The van der Waals surface area contributed by atoms with Crippen LogP contribution in [0.25, 0.3) is 16.9 Å². The van der Waals surface area contributed by atoms with Crippen molar-refractivity contribution in [2.45, 2.75) is 19.4 Å². The zero-order chi connectivity index (χ0) is 17.4. The molecule has 4 rings (SSSR count). The van der Waals surface area contributed by atoms with E-state index in [1.807, 2.05) is 43.3 Å². The highest BCUT2D eigenvalue weighted by Crippen LogP contribution is 2.23. The summed E-state index contributed by atoms with van der Waals surface area (Å²) < 4.78 is 1.70. The van der Waals surface area contributed by atoms with E-state index in [4.69, 9.17) is 0 Å². The van der Waals surface area contributed by atoms with Crippen LogP contribution in [0.2, 0.25) is 0 Å². The van der Waals surface area contributed by atoms with Gasteiger partial charge in [-0.05, 0) is 18.4 Å². The van der Waals surface area contributed by atoms with Gasteiger partial charge in [0.15, 0.2) is 5.65 Å². The Kier molecular flexibility index (Phi) is 3.97. The van der Waals surface area contributed by atoms with Crippen LogP contribution in [0.3, 0.4) is 0 Å². The fourth-order valence-corrected chi connectivity index (χ4v) is 3.27. The van der Waals surface area contributed by atoms with E-state index in [2.05, 4.69) is 10.1 Å². The van der Waals surface area contributed by atoms with Crippen molar-refractivity contribution in [3.05, 3.63) is 54.4 Å². The van der Waals surface area contributed by atoms with Gasteiger partial charge in [0.2, 0.25) is 0 Å². The Morgan fingerprint density at radius 3 is 2.80 bits per heavy atom. The normalized spacial score (nSPS) is 20.8. The number of piperidine rings is 1. The third-order valence-electron chi connectivity index (χ3n) is 4.91. The minimum atomic E-state index is -0.479. The first-order chi connectivity index (χ1) is 12.1. The molecule has 3 aromatic rings. The first kappa shape index (κ1) is 15.8. The molecule has 2 unspecified atom stereocenters. The summed E-state index contributed by atoms with van der Waals surface area (Å²) in [6.45, 7) is 3.01. The molecule has 0 aliphatic carbocycles. The van der Waals surface area contributed by atoms with Crippen LogP contribution in [0.1, 0.15) is 23.7 Å². The smallest absolute Gasteiger partial charge is 0.259 e. The van der Waals surface area contributed by atoms with Crippen molar-refractivity contribution in [2.75, 3.05) is 13.1 Å². The largest absolute Gasteiger partial charge is 0.391 e. The lowest BCUT2D eigenvalue weighted by atomic mass is 9.96. The van der Waals surface area contributed by atoms with Crippen molar-refractivity contribution in [1.82, 2.24) is 19.5 Å². The molecule has 6 heteroatoms. The van der Waals surface area contributed by atoms with Crippen LogP contribution < -0.4 is 0 Å². The molecule has 0 radical (unpaired) electrons. The van der Waals surface area contributed by atoms with Crippen LogP contribution in [0.4, 0.5) is 0 Å². The van der Waals surface area contributed by atoms with Crippen LogP contribution in [-0.2, 0) is 0 Å². The van der Waals surface area contributed by atoms with Crippen LogP contribution in [-0.4, -0.2) is 49.7 Å². The molecule has 1 aromatic carbocycles. The molecule has 0 spiro atoms. The average molecular weight is 336 g/mol. The minimum Gasteiger partial charge on any atom is -0.391 e. The van der Waals surface area contributed by atoms with Crippen molar-refractivity contribution >= 4 is 11.6 Å². The first-order valence-corrected chi connectivity index (χ1v) is 8.50. The van der Waals surface area contributed by atoms with Gasteiger partial charge in [0.05, 0.1) is 18.0 Å². The summed E-state index contributed by atoms with van der Waals surface area (Å²) in [7, 11) is 0. The summed E-state index contributed by atoms with van der Waals surface area (Å²) in [6, 6.07) is 11.8. The van der Waals surface area contributed by atoms with E-state index < -0.39 is 6.10 Å². The number of carbonyl (C=O) groups excluding carboxylic acids is 1. The van der Waals surface area contributed by atoms with Gasteiger partial charge in [-0.3, -0.25) is 4.79 Å². The Labute approximate surface area is 145 Å². The number of hydrogen-bond acceptors (Lipinski definition) is 4. The lowest BCUT2D eigenvalue weighted by Crippen LogP contribution is -2.45. The molecule has 0 saturated carbocycles. The maximum absolute atomic E-state index is 12.9. The Hall–Kier alpha value is -2.73. The predicted octanol–water partition coefficient (Wildman–Crippen LogP) is 2.24. The SMILES string of the molecule is CC1CCN(C(=O)c2cnn3c(-c4ccccc4)ccnc23)CC1O. The standard InChI is InChI=1S/C19H20N4O2/c1-13-8-10-22(12-17(13)24)19(25)15-11-21-23-16(7-9-20-18(15)23)14-5-3-2-4-6-14/h2-7,9,11,13,17,24H,8,10,12H2,1H3. The number of carbonyl (C=O) groups is 1. The highest BCUT2D eigenvalue weighted by Gasteiger charge is 2.29. The summed E-state index contributed by atoms with van der Waals surface area (Å²) in [5.41, 5.74) is 2.91. The summed E-state index contributed by atoms with van der Waals surface area (Å²) in [5, 5.41) is 14.5. The molecule has 2 aromatic heterocycles. The Balaban J connectivity index is 1.71. The number of aliphatic hydroxyl groups is 1. The summed E-state index contributed by atoms with van der Waals surface area (Å²) in [6.07, 6.45) is 3.59. The number of aromatic nitrogens is 3. The molecule has 1 amide bonds. The number of benzene rings is 1. The fraction of sp³-hybridized carbons (Fsp3) is 0.316. The van der Waals surface area contributed by atoms with Crippen LogP contribution >= 0.6 is 0 Å². The fourth-order valence-electron chi connectivity index (χ4n) is 3.27. The van der Waals surface area contributed by atoms with Crippen molar-refractivity contribution < 1.29 is 9.90 Å². The highest BCUT2D eigenvalue weighted by molar-refractivity contribution is 6.00. The van der Waals surface area contributed by atoms with Crippen LogP contribution in [0, 0.1) is 5.92 Å². The van der Waals surface area contributed by atoms with E-state index in [1.165, 1.54) is 0 Å². The lowest BCUT2D eigenvalue weighted by molar-refractivity contribution is 0.0249. The number of aliphatic hydroxyl groups excluding tert-OH is 1. The number of rotatable bonds is 2. The number of nitrogens with zero attached hydrogens (tertiary/aromatic N) is 4. The first-order valence-electron chi connectivity index (χ1n) is 8.50. The van der Waals surface area contributed by atoms with E-state index in [1.54, 1.807) is 21.8 Å². The van der Waals surface area contributed by atoms with Gasteiger partial charge in [-0.1, -0.05) is 37.3 Å². The van der Waals surface area contributed by atoms with Gasteiger partial charge in [-0.15, -0.1) is 0 Å². The van der Waals surface area contributed by atoms with Crippen LogP contribution in [0.15, 0.2) is 48.8 Å². The highest BCUT2D eigenvalue weighted by atomic mass is 16.3. The van der Waals surface area contributed by atoms with Gasteiger partial charge in [-0.2, -0.15) is 5.10 Å². The molecule has 1 aliphatic heterocycles. The van der Waals surface area contributed by atoms with Crippen LogP contribution in [0.5, 0.6) is 0 Å². The second kappa shape index (κ2) is 6.29. The van der Waals surface area contributed by atoms with E-state index in [-0.39, 0.29) is 11.8 Å². The number of hydrogen-bond donors (Lipinski definition) is 1. The van der Waals surface area contributed by atoms with Gasteiger partial charge in [0, 0.05) is 24.8 Å². The second-order valence-corrected chi connectivity index (χ2v) is 6.57. The van der Waals surface area contributed by atoms with Crippen molar-refractivity contribution in [3.63, 3.8) is 0 Å². The number of likely N-dealkylation sites (tertiary alicyclic amines) is 1. The molecule has 1 fully saturated rings. The quantitative estimate of drug-likeness (QED) is 0.779. The molecule has 3 heterocycles. The van der Waals surface area contributed by atoms with Gasteiger partial charge >= 0.3 is 0 Å². The molecule has 1 N–H and O–H groups in total. The number of amides is 1. The zero-order valence-corrected chi connectivity index (χ0v) is 14.0. The monoisotopic (exact) mass is 336 g/mol. The Morgan fingerprint density at radius 2 is 2.04 bits per heavy atom. The Morgan fingerprint density at radius 1 is 1.24 bits per heavy atom. The second-order valence-electron chi connectivity index (χ2n) is 6.57. The zero-order valence-electron chi connectivity index (χ0n) is 14.0. The topological polar surface area (TPSA) is 70.7 Å². The molecular weight excluding hydrogens is 316 g/mol. The lowest BCUT2D eigenvalue weighted by Gasteiger charge is -2.34. The van der Waals surface area contributed by atoms with Gasteiger partial charge in [0.1, 0.15) is 5.56 Å². The molecule has 25 heavy (non-hydrogen) atoms. The predicted molar refractivity (Wildman–Crippen MR) is 94.1 cm³/mol. The third kappa shape index (κ3) is 2.78. The molecular formula is C19H20N4O2. The molecule has 1 saturated heterocycles. The van der Waals surface area contributed by atoms with Gasteiger partial charge < -0.3 is 10.0 Å². The minimum absolute atomic E-state index is 0.126. The third-order valence-corrected chi connectivity index (χ3v) is 4.91. The van der Waals surface area contributed by atoms with Gasteiger partial charge in [-0.25, -0.2) is 9.50 Å². The van der Waals surface area contributed by atoms with Crippen molar-refractivity contribution in [1.29, 1.82) is 0 Å². The van der Waals surface area contributed by atoms with E-state index in [0.717, 1.165) is 17.7 Å². The Bertz CT molecular complexity index is 906. The number of β-amino-alcohol motifs (C(OH)–C–C–N with tert-alkyl or cyclic N) is 1. The van der Waals surface area contributed by atoms with Crippen molar-refractivity contribution in [2.24, 2.45) is 5.92 Å². The molecule has 2 atom stereocenters. The van der Waals surface area contributed by atoms with Crippen molar-refractivity contribution in [3.8, 4) is 11.3 Å². The number of fused-ring (bicyclic) bond motifs is 1. The van der Waals surface area contributed by atoms with E-state index in [0.29, 0.717) is 24.3 Å². The maximum Gasteiger partial charge on any atom is 0.259 e. The summed E-state index contributed by atoms with van der Waals surface area (Å²) >= 11 is 0.